The van der Waals surface area contributed by atoms with Gasteiger partial charge in [-0.15, -0.1) is 0 Å². The molecule has 0 N–H and O–H groups in total. The summed E-state index contributed by atoms with van der Waals surface area (Å²) < 4.78 is 44.9. The molecule has 4 nitrogen and oxygen atoms in total. The topological polar surface area (TPSA) is 64.3 Å². The summed E-state index contributed by atoms with van der Waals surface area (Å²) in [5, 5.41) is 0.0503. The Bertz CT molecular complexity index is 1140. The molecule has 0 saturated carbocycles. The molecule has 0 aliphatic rings. The summed E-state index contributed by atoms with van der Waals surface area (Å²) in [6.07, 6.45) is 0. The lowest BCUT2D eigenvalue weighted by Crippen LogP contribution is -2.14. The molecule has 0 atom stereocenters. The van der Waals surface area contributed by atoms with E-state index in [2.05, 4.69) is 31.9 Å². The Labute approximate surface area is 157 Å². The Morgan fingerprint density at radius 1 is 1.08 bits per heavy atom. The molecule has 0 aliphatic carbocycles. The molecule has 0 fully saturated rings. The highest BCUT2D eigenvalue weighted by Gasteiger charge is 2.24. The van der Waals surface area contributed by atoms with Gasteiger partial charge in [0.25, 0.3) is 0 Å². The van der Waals surface area contributed by atoms with E-state index in [0.717, 1.165) is 18.2 Å². The molecule has 0 amide bonds. The molecule has 0 radical (unpaired) electrons. The van der Waals surface area contributed by atoms with Crippen LogP contribution in [-0.2, 0) is 9.84 Å². The van der Waals surface area contributed by atoms with Crippen molar-refractivity contribution in [3.63, 3.8) is 0 Å². The van der Waals surface area contributed by atoms with Crippen molar-refractivity contribution in [3.05, 3.63) is 66.6 Å². The van der Waals surface area contributed by atoms with E-state index in [1.54, 1.807) is 12.1 Å². The molecule has 0 bridgehead atoms. The van der Waals surface area contributed by atoms with Gasteiger partial charge >= 0.3 is 5.63 Å². The molecule has 9 heteroatoms. The first-order valence-electron chi connectivity index (χ1n) is 6.33. The Balaban J connectivity index is 2.30. The van der Waals surface area contributed by atoms with Crippen LogP contribution in [0.15, 0.2) is 64.3 Å². The van der Waals surface area contributed by atoms with Crippen molar-refractivity contribution < 1.29 is 17.2 Å². The zero-order valence-corrected chi connectivity index (χ0v) is 16.3. The molecule has 2 aromatic carbocycles. The second-order valence-electron chi connectivity index (χ2n) is 4.78. The fourth-order valence-electron chi connectivity index (χ4n) is 2.10. The smallest absolute Gasteiger partial charge is 0.355 e. The number of halogens is 4. The Morgan fingerprint density at radius 3 is 2.46 bits per heavy atom. The minimum absolute atomic E-state index is 0.222. The Hall–Kier alpha value is -1.22. The van der Waals surface area contributed by atoms with Gasteiger partial charge in [0.15, 0.2) is 10.5 Å². The van der Waals surface area contributed by atoms with Gasteiger partial charge < -0.3 is 4.42 Å². The molecule has 0 aliphatic heterocycles. The number of benzene rings is 2. The van der Waals surface area contributed by atoms with Gasteiger partial charge in [0.2, 0.25) is 9.84 Å². The van der Waals surface area contributed by atoms with Crippen molar-refractivity contribution >= 4 is 64.3 Å². The van der Waals surface area contributed by atoms with E-state index in [0.29, 0.717) is 14.3 Å². The number of hydrogen-bond donors (Lipinski definition) is 0. The molecule has 1 heterocycles. The van der Waals surface area contributed by atoms with Gasteiger partial charge in [-0.1, -0.05) is 27.5 Å². The van der Waals surface area contributed by atoms with Gasteiger partial charge in [0, 0.05) is 9.86 Å². The maximum atomic E-state index is 13.2. The minimum Gasteiger partial charge on any atom is -0.421 e. The van der Waals surface area contributed by atoms with Gasteiger partial charge in [-0.3, -0.25) is 0 Å². The third kappa shape index (κ3) is 3.03. The van der Waals surface area contributed by atoms with Crippen LogP contribution >= 0.6 is 43.5 Å². The SMILES string of the molecule is O=c1oc2c(Br)cc(Br)cc2cc1S(=O)(=O)c1ccc(F)c(Cl)c1. The van der Waals surface area contributed by atoms with Gasteiger partial charge in [0.1, 0.15) is 5.82 Å². The summed E-state index contributed by atoms with van der Waals surface area (Å²) in [7, 11) is -4.21. The largest absolute Gasteiger partial charge is 0.421 e. The van der Waals surface area contributed by atoms with E-state index in [1.807, 2.05) is 0 Å². The Morgan fingerprint density at radius 2 is 1.79 bits per heavy atom. The normalized spacial score (nSPS) is 11.8. The highest BCUT2D eigenvalue weighted by Crippen LogP contribution is 2.30. The van der Waals surface area contributed by atoms with E-state index < -0.39 is 26.2 Å². The summed E-state index contributed by atoms with van der Waals surface area (Å²) in [6, 6.07) is 7.40. The van der Waals surface area contributed by atoms with Crippen molar-refractivity contribution in [1.82, 2.24) is 0 Å². The first-order chi connectivity index (χ1) is 11.2. The summed E-state index contributed by atoms with van der Waals surface area (Å²) in [6.45, 7) is 0. The highest BCUT2D eigenvalue weighted by atomic mass is 79.9. The van der Waals surface area contributed by atoms with E-state index in [-0.39, 0.29) is 15.5 Å². The molecule has 0 unspecified atom stereocenters. The lowest BCUT2D eigenvalue weighted by atomic mass is 10.2. The summed E-state index contributed by atoms with van der Waals surface area (Å²) in [5.74, 6) is -0.756. The summed E-state index contributed by atoms with van der Waals surface area (Å²) >= 11 is 12.2. The van der Waals surface area contributed by atoms with Crippen molar-refractivity contribution in [2.45, 2.75) is 9.79 Å². The molecule has 0 saturated heterocycles. The van der Waals surface area contributed by atoms with E-state index >= 15 is 0 Å². The number of fused-ring (bicyclic) bond motifs is 1. The molecular formula is C15H6Br2ClFO4S. The van der Waals surface area contributed by atoms with Gasteiger partial charge in [-0.05, 0) is 52.3 Å². The quantitative estimate of drug-likeness (QED) is 0.372. The van der Waals surface area contributed by atoms with Gasteiger partial charge in [-0.25, -0.2) is 17.6 Å². The lowest BCUT2D eigenvalue weighted by molar-refractivity contribution is 0.531. The van der Waals surface area contributed by atoms with Crippen LogP contribution in [0.25, 0.3) is 11.0 Å². The number of sulfone groups is 1. The van der Waals surface area contributed by atoms with Crippen LogP contribution in [0.1, 0.15) is 0 Å². The molecule has 3 aromatic rings. The predicted octanol–water partition coefficient (Wildman–Crippen LogP) is 4.94. The standard InChI is InChI=1S/C15H6Br2ClFO4S/c16-8-3-7-4-13(15(20)23-14(7)10(17)5-8)24(21,22)9-1-2-12(19)11(18)6-9/h1-6H. The zero-order valence-electron chi connectivity index (χ0n) is 11.5. The molecule has 24 heavy (non-hydrogen) atoms. The van der Waals surface area contributed by atoms with E-state index in [9.17, 15) is 17.6 Å². The van der Waals surface area contributed by atoms with Crippen LogP contribution in [0, 0.1) is 5.82 Å². The minimum atomic E-state index is -4.21. The van der Waals surface area contributed by atoms with Gasteiger partial charge in [-0.2, -0.15) is 0 Å². The third-order valence-corrected chi connectivity index (χ3v) is 6.29. The van der Waals surface area contributed by atoms with Crippen LogP contribution in [-0.4, -0.2) is 8.42 Å². The monoisotopic (exact) mass is 494 g/mol. The first kappa shape index (κ1) is 17.6. The van der Waals surface area contributed by atoms with Crippen LogP contribution in [0.4, 0.5) is 4.39 Å². The maximum absolute atomic E-state index is 13.2. The molecule has 124 valence electrons. The number of hydrogen-bond acceptors (Lipinski definition) is 4. The first-order valence-corrected chi connectivity index (χ1v) is 9.78. The fourth-order valence-corrected chi connectivity index (χ4v) is 5.00. The van der Waals surface area contributed by atoms with Crippen LogP contribution in [0.2, 0.25) is 5.02 Å². The molecule has 1 aromatic heterocycles. The van der Waals surface area contributed by atoms with Crippen molar-refractivity contribution in [1.29, 1.82) is 0 Å². The van der Waals surface area contributed by atoms with Crippen LogP contribution < -0.4 is 5.63 Å². The predicted molar refractivity (Wildman–Crippen MR) is 94.7 cm³/mol. The van der Waals surface area contributed by atoms with E-state index in [1.165, 1.54) is 6.07 Å². The molecular weight excluding hydrogens is 490 g/mol. The highest BCUT2D eigenvalue weighted by molar-refractivity contribution is 9.11. The fraction of sp³-hybridized carbons (Fsp3) is 0. The van der Waals surface area contributed by atoms with Crippen LogP contribution in [0.3, 0.4) is 0 Å². The third-order valence-electron chi connectivity index (χ3n) is 3.21. The van der Waals surface area contributed by atoms with Crippen molar-refractivity contribution in [2.75, 3.05) is 0 Å². The van der Waals surface area contributed by atoms with Crippen molar-refractivity contribution in [2.24, 2.45) is 0 Å². The van der Waals surface area contributed by atoms with E-state index in [4.69, 9.17) is 16.0 Å². The summed E-state index contributed by atoms with van der Waals surface area (Å²) in [5.41, 5.74) is -0.801. The molecule has 3 rings (SSSR count). The van der Waals surface area contributed by atoms with Gasteiger partial charge in [0.05, 0.1) is 14.4 Å². The average Bonchev–Trinajstić information content (AvgIpc) is 2.50. The van der Waals surface area contributed by atoms with Crippen molar-refractivity contribution in [3.8, 4) is 0 Å². The second-order valence-corrected chi connectivity index (χ2v) is 8.88. The van der Waals surface area contributed by atoms with Crippen LogP contribution in [0.5, 0.6) is 0 Å². The Kier molecular flexibility index (Phi) is 4.59. The second kappa shape index (κ2) is 6.25. The zero-order chi connectivity index (χ0) is 17.6. The number of rotatable bonds is 2. The lowest BCUT2D eigenvalue weighted by Gasteiger charge is -2.07. The average molecular weight is 497 g/mol. The maximum Gasteiger partial charge on any atom is 0.355 e. The summed E-state index contributed by atoms with van der Waals surface area (Å²) in [4.78, 5) is 11.3. The molecule has 0 spiro atoms.